The number of piperazine rings is 1. The first-order valence-electron chi connectivity index (χ1n) is 7.44. The van der Waals surface area contributed by atoms with E-state index in [0.717, 1.165) is 13.1 Å². The van der Waals surface area contributed by atoms with Crippen LogP contribution in [0.3, 0.4) is 0 Å². The number of anilines is 1. The van der Waals surface area contributed by atoms with Gasteiger partial charge in [-0.25, -0.2) is 4.39 Å². The summed E-state index contributed by atoms with van der Waals surface area (Å²) in [6.07, 6.45) is -0.690. The van der Waals surface area contributed by atoms with Gasteiger partial charge in [-0.05, 0) is 26.8 Å². The number of benzene rings is 1. The average molecular weight is 296 g/mol. The smallest absolute Gasteiger partial charge is 0.146 e. The van der Waals surface area contributed by atoms with Crippen LogP contribution in [-0.2, 0) is 0 Å². The van der Waals surface area contributed by atoms with Crippen LogP contribution in [0.15, 0.2) is 18.2 Å². The molecular formula is C16H25FN2O2. The first-order chi connectivity index (χ1) is 9.78. The van der Waals surface area contributed by atoms with Gasteiger partial charge < -0.3 is 15.1 Å². The monoisotopic (exact) mass is 296 g/mol. The highest BCUT2D eigenvalue weighted by molar-refractivity contribution is 5.56. The molecule has 0 amide bonds. The summed E-state index contributed by atoms with van der Waals surface area (Å²) < 4.78 is 14.2. The van der Waals surface area contributed by atoms with Crippen LogP contribution in [-0.4, -0.2) is 53.4 Å². The molecule has 2 rings (SSSR count). The second-order valence-corrected chi connectivity index (χ2v) is 6.43. The van der Waals surface area contributed by atoms with Crippen LogP contribution in [0.4, 0.5) is 10.1 Å². The van der Waals surface area contributed by atoms with Gasteiger partial charge in [0, 0.05) is 38.3 Å². The summed E-state index contributed by atoms with van der Waals surface area (Å²) in [5.41, 5.74) is 0.423. The molecule has 0 spiro atoms. The summed E-state index contributed by atoms with van der Waals surface area (Å²) in [6, 6.07) is 4.84. The van der Waals surface area contributed by atoms with Crippen molar-refractivity contribution >= 4 is 5.69 Å². The third-order valence-corrected chi connectivity index (χ3v) is 3.77. The van der Waals surface area contributed by atoms with E-state index in [1.807, 2.05) is 4.90 Å². The van der Waals surface area contributed by atoms with Crippen LogP contribution >= 0.6 is 0 Å². The molecule has 21 heavy (non-hydrogen) atoms. The zero-order chi connectivity index (χ0) is 15.6. The van der Waals surface area contributed by atoms with Crippen LogP contribution in [0.5, 0.6) is 0 Å². The Balaban J connectivity index is 2.09. The van der Waals surface area contributed by atoms with Gasteiger partial charge in [0.15, 0.2) is 0 Å². The van der Waals surface area contributed by atoms with E-state index in [1.165, 1.54) is 6.07 Å². The van der Waals surface area contributed by atoms with Gasteiger partial charge in [0.25, 0.3) is 0 Å². The normalized spacial score (nSPS) is 18.9. The zero-order valence-electron chi connectivity index (χ0n) is 13.0. The van der Waals surface area contributed by atoms with Gasteiger partial charge >= 0.3 is 0 Å². The molecule has 0 unspecified atom stereocenters. The highest BCUT2D eigenvalue weighted by Gasteiger charge is 2.25. The van der Waals surface area contributed by atoms with Crippen LogP contribution < -0.4 is 4.90 Å². The molecule has 1 fully saturated rings. The Hall–Kier alpha value is -1.17. The highest BCUT2D eigenvalue weighted by Crippen LogP contribution is 2.30. The van der Waals surface area contributed by atoms with Crippen LogP contribution in [0, 0.1) is 5.82 Å². The molecule has 0 aromatic heterocycles. The number of hydrogen-bond donors (Lipinski definition) is 2. The quantitative estimate of drug-likeness (QED) is 0.889. The molecule has 0 saturated carbocycles. The Kier molecular flexibility index (Phi) is 4.86. The van der Waals surface area contributed by atoms with E-state index in [2.05, 4.69) is 4.90 Å². The second kappa shape index (κ2) is 6.30. The molecule has 1 aliphatic heterocycles. The molecule has 2 N–H and O–H groups in total. The third kappa shape index (κ3) is 4.15. The van der Waals surface area contributed by atoms with Gasteiger partial charge in [-0.3, -0.25) is 4.90 Å². The van der Waals surface area contributed by atoms with Crippen molar-refractivity contribution in [3.63, 3.8) is 0 Å². The minimum Gasteiger partial charge on any atom is -0.389 e. The summed E-state index contributed by atoms with van der Waals surface area (Å²) in [5, 5.41) is 19.7. The Morgan fingerprint density at radius 2 is 1.86 bits per heavy atom. The standard InChI is InChI=1S/C16H25FN2O2/c1-12(20)13-5-4-6-14(17)15(13)19-9-7-18(8-10-19)11-16(2,3)21/h4-6,12,20-21H,7-11H2,1-3H3/t12-/m1/s1. The molecule has 0 bridgehead atoms. The van der Waals surface area contributed by atoms with Crippen molar-refractivity contribution in [2.24, 2.45) is 0 Å². The zero-order valence-corrected chi connectivity index (χ0v) is 13.0. The first-order valence-corrected chi connectivity index (χ1v) is 7.44. The number of aliphatic hydroxyl groups excluding tert-OH is 1. The second-order valence-electron chi connectivity index (χ2n) is 6.43. The van der Waals surface area contributed by atoms with Gasteiger partial charge in [0.1, 0.15) is 5.82 Å². The van der Waals surface area contributed by atoms with Crippen molar-refractivity contribution in [3.8, 4) is 0 Å². The molecule has 1 aromatic rings. The Bertz CT molecular complexity index is 478. The van der Waals surface area contributed by atoms with Crippen molar-refractivity contribution in [2.75, 3.05) is 37.6 Å². The molecule has 1 saturated heterocycles. The molecule has 5 heteroatoms. The molecule has 1 aliphatic rings. The lowest BCUT2D eigenvalue weighted by molar-refractivity contribution is 0.0344. The molecule has 1 heterocycles. The summed E-state index contributed by atoms with van der Waals surface area (Å²) in [5.74, 6) is -0.288. The van der Waals surface area contributed by atoms with Crippen LogP contribution in [0.2, 0.25) is 0 Å². The Labute approximate surface area is 125 Å². The van der Waals surface area contributed by atoms with Gasteiger partial charge in [-0.15, -0.1) is 0 Å². The molecule has 118 valence electrons. The predicted molar refractivity (Wildman–Crippen MR) is 82.0 cm³/mol. The number of halogens is 1. The minimum atomic E-state index is -0.717. The molecule has 4 nitrogen and oxygen atoms in total. The fourth-order valence-electron chi connectivity index (χ4n) is 2.88. The van der Waals surface area contributed by atoms with Crippen molar-refractivity contribution in [2.45, 2.75) is 32.5 Å². The number of aliphatic hydroxyl groups is 2. The maximum absolute atomic E-state index is 14.2. The SMILES string of the molecule is C[C@@H](O)c1cccc(F)c1N1CCN(CC(C)(C)O)CC1. The van der Waals surface area contributed by atoms with E-state index in [1.54, 1.807) is 32.9 Å². The van der Waals surface area contributed by atoms with Crippen molar-refractivity contribution in [3.05, 3.63) is 29.6 Å². The van der Waals surface area contributed by atoms with Crippen molar-refractivity contribution in [1.29, 1.82) is 0 Å². The summed E-state index contributed by atoms with van der Waals surface area (Å²) in [7, 11) is 0. The maximum atomic E-state index is 14.2. The highest BCUT2D eigenvalue weighted by atomic mass is 19.1. The number of nitrogens with zero attached hydrogens (tertiary/aromatic N) is 2. The molecule has 0 radical (unpaired) electrons. The molecule has 1 aromatic carbocycles. The molecule has 1 atom stereocenters. The summed E-state index contributed by atoms with van der Waals surface area (Å²) in [4.78, 5) is 4.16. The first kappa shape index (κ1) is 16.2. The van der Waals surface area contributed by atoms with Gasteiger partial charge in [-0.2, -0.15) is 0 Å². The van der Waals surface area contributed by atoms with E-state index in [9.17, 15) is 14.6 Å². The lowest BCUT2D eigenvalue weighted by atomic mass is 10.1. The van der Waals surface area contributed by atoms with Gasteiger partial charge in [-0.1, -0.05) is 12.1 Å². The summed E-state index contributed by atoms with van der Waals surface area (Å²) in [6.45, 7) is 8.79. The number of rotatable bonds is 4. The van der Waals surface area contributed by atoms with Crippen molar-refractivity contribution in [1.82, 2.24) is 4.90 Å². The lowest BCUT2D eigenvalue weighted by Crippen LogP contribution is -2.51. The number of β-amino-alcohol motifs (C(OH)–C–C–N with tert-alkyl or cyclic N) is 1. The fourth-order valence-corrected chi connectivity index (χ4v) is 2.88. The topological polar surface area (TPSA) is 46.9 Å². The lowest BCUT2D eigenvalue weighted by Gasteiger charge is -2.39. The van der Waals surface area contributed by atoms with Crippen LogP contribution in [0.25, 0.3) is 0 Å². The fraction of sp³-hybridized carbons (Fsp3) is 0.625. The van der Waals surface area contributed by atoms with E-state index >= 15 is 0 Å². The summed E-state index contributed by atoms with van der Waals surface area (Å²) >= 11 is 0. The van der Waals surface area contributed by atoms with Crippen LogP contribution in [0.1, 0.15) is 32.4 Å². The minimum absolute atomic E-state index is 0.288. The number of hydrogen-bond acceptors (Lipinski definition) is 4. The Morgan fingerprint density at radius 1 is 1.24 bits per heavy atom. The van der Waals surface area contributed by atoms with Gasteiger partial charge in [0.2, 0.25) is 0 Å². The molecular weight excluding hydrogens is 271 g/mol. The maximum Gasteiger partial charge on any atom is 0.146 e. The van der Waals surface area contributed by atoms with E-state index in [0.29, 0.717) is 30.9 Å². The number of para-hydroxylation sites is 1. The van der Waals surface area contributed by atoms with Crippen molar-refractivity contribution < 1.29 is 14.6 Å². The largest absolute Gasteiger partial charge is 0.389 e. The van der Waals surface area contributed by atoms with E-state index in [-0.39, 0.29) is 5.82 Å². The third-order valence-electron chi connectivity index (χ3n) is 3.77. The Morgan fingerprint density at radius 3 is 2.38 bits per heavy atom. The molecule has 0 aliphatic carbocycles. The predicted octanol–water partition coefficient (Wildman–Crippen LogP) is 1.77. The average Bonchev–Trinajstić information content (AvgIpc) is 2.37. The van der Waals surface area contributed by atoms with E-state index < -0.39 is 11.7 Å². The van der Waals surface area contributed by atoms with Gasteiger partial charge in [0.05, 0.1) is 17.4 Å². The van der Waals surface area contributed by atoms with E-state index in [4.69, 9.17) is 0 Å².